The fraction of sp³-hybridized carbons (Fsp3) is 0.905. The van der Waals surface area contributed by atoms with Gasteiger partial charge in [0.2, 0.25) is 5.91 Å². The Morgan fingerprint density at radius 3 is 2.16 bits per heavy atom. The van der Waals surface area contributed by atoms with Gasteiger partial charge in [-0.25, -0.2) is 0 Å². The molecule has 9 nitrogen and oxygen atoms in total. The van der Waals surface area contributed by atoms with Crippen LogP contribution in [0.3, 0.4) is 0 Å². The number of carbonyl (C=O) groups excluding carboxylic acids is 2. The van der Waals surface area contributed by atoms with Crippen molar-refractivity contribution in [1.29, 1.82) is 0 Å². The largest absolute Gasteiger partial charge is 0.500 e. The third-order valence-electron chi connectivity index (χ3n) is 6.17. The summed E-state index contributed by atoms with van der Waals surface area (Å²) in [6.45, 7) is 3.30. The Morgan fingerprint density at radius 1 is 1.19 bits per heavy atom. The normalized spacial score (nSPS) is 22.9. The van der Waals surface area contributed by atoms with Gasteiger partial charge in [0.15, 0.2) is 0 Å². The zero-order chi connectivity index (χ0) is 24.8. The second-order valence-electron chi connectivity index (χ2n) is 8.29. The second-order valence-corrected chi connectivity index (χ2v) is 12.4. The van der Waals surface area contributed by atoms with Gasteiger partial charge in [0.25, 0.3) is 0 Å². The van der Waals surface area contributed by atoms with Crippen LogP contribution in [0.5, 0.6) is 0 Å². The van der Waals surface area contributed by atoms with Crippen molar-refractivity contribution in [2.75, 3.05) is 39.9 Å². The minimum atomic E-state index is -2.55. The zero-order valence-corrected chi connectivity index (χ0v) is 22.2. The summed E-state index contributed by atoms with van der Waals surface area (Å²) >= 11 is 1.61. The third kappa shape index (κ3) is 10.5. The molecule has 32 heavy (non-hydrogen) atoms. The summed E-state index contributed by atoms with van der Waals surface area (Å²) in [6, 6.07) is 0.728. The van der Waals surface area contributed by atoms with E-state index in [-0.39, 0.29) is 18.7 Å². The molecule has 0 heterocycles. The van der Waals surface area contributed by atoms with Crippen LogP contribution >= 0.6 is 11.8 Å². The highest BCUT2D eigenvalue weighted by atomic mass is 32.2. The first-order valence-corrected chi connectivity index (χ1v) is 14.3. The van der Waals surface area contributed by atoms with Gasteiger partial charge in [-0.3, -0.25) is 9.59 Å². The Bertz CT molecular complexity index is 538. The lowest BCUT2D eigenvalue weighted by atomic mass is 9.84. The number of hydrogen-bond acceptors (Lipinski definition) is 9. The molecule has 1 fully saturated rings. The van der Waals surface area contributed by atoms with Crippen molar-refractivity contribution in [3.05, 3.63) is 0 Å². The molecule has 1 rings (SSSR count). The summed E-state index contributed by atoms with van der Waals surface area (Å²) in [5.41, 5.74) is 4.27. The van der Waals surface area contributed by atoms with Gasteiger partial charge in [-0.15, -0.1) is 0 Å². The molecule has 0 radical (unpaired) electrons. The molecule has 1 amide bonds. The van der Waals surface area contributed by atoms with Gasteiger partial charge in [-0.1, -0.05) is 6.92 Å². The van der Waals surface area contributed by atoms with E-state index in [1.807, 2.05) is 13.2 Å². The van der Waals surface area contributed by atoms with Crippen LogP contribution < -0.4 is 5.73 Å². The van der Waals surface area contributed by atoms with Crippen LogP contribution in [-0.2, 0) is 27.6 Å². The van der Waals surface area contributed by atoms with E-state index >= 15 is 0 Å². The van der Waals surface area contributed by atoms with Crippen molar-refractivity contribution >= 4 is 32.4 Å². The molecule has 0 spiro atoms. The van der Waals surface area contributed by atoms with Crippen LogP contribution in [0.25, 0.3) is 0 Å². The molecule has 1 saturated carbocycles. The second kappa shape index (κ2) is 16.0. The Kier molecular flexibility index (Phi) is 15.7. The van der Waals surface area contributed by atoms with E-state index in [1.54, 1.807) is 40.0 Å². The van der Waals surface area contributed by atoms with Gasteiger partial charge in [0, 0.05) is 33.1 Å². The molecule has 0 saturated heterocycles. The molecule has 4 unspecified atom stereocenters. The smallest absolute Gasteiger partial charge is 0.460 e. The first-order chi connectivity index (χ1) is 15.1. The maximum atomic E-state index is 11.7. The Morgan fingerprint density at radius 2 is 1.78 bits per heavy atom. The minimum absolute atomic E-state index is 0.168. The summed E-state index contributed by atoms with van der Waals surface area (Å²) in [7, 11) is 2.28. The molecule has 190 valence electrons. The van der Waals surface area contributed by atoms with Gasteiger partial charge in [-0.2, -0.15) is 11.8 Å². The lowest BCUT2D eigenvalue weighted by molar-refractivity contribution is -0.158. The first-order valence-electron chi connectivity index (χ1n) is 11.0. The third-order valence-corrected chi connectivity index (χ3v) is 9.55. The minimum Gasteiger partial charge on any atom is -0.460 e. The quantitative estimate of drug-likeness (QED) is 0.257. The standard InChI is InChI=1S/C15H30O6SSi.C6H13NO2/c1-18-23(19-2,20-3)10-8-12-5-6-14(13(16)11-12)21-15(17)7-9-22-4;1-3-6(2,4-8)5(7)9/h12-14,16H,5-11H2,1-4H3;8H,3-4H2,1-2H3,(H2,7,9). The first kappa shape index (κ1) is 31.3. The highest BCUT2D eigenvalue weighted by Crippen LogP contribution is 2.32. The van der Waals surface area contributed by atoms with Crippen molar-refractivity contribution in [3.63, 3.8) is 0 Å². The summed E-state index contributed by atoms with van der Waals surface area (Å²) in [5, 5.41) is 18.9. The molecule has 4 atom stereocenters. The number of primary amides is 1. The van der Waals surface area contributed by atoms with Crippen molar-refractivity contribution < 1.29 is 37.8 Å². The van der Waals surface area contributed by atoms with Gasteiger partial charge in [-0.05, 0) is 51.2 Å². The molecular weight excluding hydrogens is 454 g/mol. The molecule has 1 aliphatic rings. The Hall–Kier alpha value is -0.693. The summed E-state index contributed by atoms with van der Waals surface area (Å²) in [5.74, 6) is 0.472. The van der Waals surface area contributed by atoms with E-state index in [1.165, 1.54) is 0 Å². The molecule has 0 aromatic rings. The number of nitrogens with two attached hydrogens (primary N) is 1. The van der Waals surface area contributed by atoms with Crippen molar-refractivity contribution in [2.45, 2.75) is 70.6 Å². The van der Waals surface area contributed by atoms with Crippen molar-refractivity contribution in [2.24, 2.45) is 17.1 Å². The van der Waals surface area contributed by atoms with Crippen LogP contribution in [0.2, 0.25) is 6.04 Å². The van der Waals surface area contributed by atoms with Gasteiger partial charge >= 0.3 is 14.8 Å². The molecular formula is C21H43NO8SSi. The molecule has 0 bridgehead atoms. The fourth-order valence-electron chi connectivity index (χ4n) is 3.32. The predicted octanol–water partition coefficient (Wildman–Crippen LogP) is 1.96. The molecule has 0 aromatic heterocycles. The summed E-state index contributed by atoms with van der Waals surface area (Å²) in [6.07, 6.45) is 5.14. The molecule has 11 heteroatoms. The number of carbonyl (C=O) groups is 2. The number of esters is 1. The number of ether oxygens (including phenoxy) is 1. The highest BCUT2D eigenvalue weighted by molar-refractivity contribution is 7.98. The van der Waals surface area contributed by atoms with Crippen LogP contribution in [-0.4, -0.2) is 83.0 Å². The average molecular weight is 498 g/mol. The molecule has 1 aliphatic carbocycles. The number of aliphatic hydroxyl groups excluding tert-OH is 2. The van der Waals surface area contributed by atoms with Crippen molar-refractivity contribution in [3.8, 4) is 0 Å². The van der Waals surface area contributed by atoms with E-state index in [4.69, 9.17) is 28.9 Å². The summed E-state index contributed by atoms with van der Waals surface area (Å²) < 4.78 is 21.7. The van der Waals surface area contributed by atoms with Gasteiger partial charge in [0.05, 0.1) is 24.5 Å². The van der Waals surface area contributed by atoms with E-state index < -0.39 is 26.2 Å². The lowest BCUT2D eigenvalue weighted by Crippen LogP contribution is -2.44. The van der Waals surface area contributed by atoms with Crippen molar-refractivity contribution in [1.82, 2.24) is 0 Å². The Balaban J connectivity index is 0.000000900. The summed E-state index contributed by atoms with van der Waals surface area (Å²) in [4.78, 5) is 22.2. The molecule has 4 N–H and O–H groups in total. The fourth-order valence-corrected chi connectivity index (χ4v) is 5.56. The van der Waals surface area contributed by atoms with Gasteiger partial charge < -0.3 is 34.0 Å². The predicted molar refractivity (Wildman–Crippen MR) is 127 cm³/mol. The monoisotopic (exact) mass is 497 g/mol. The van der Waals surface area contributed by atoms with Crippen LogP contribution in [0, 0.1) is 11.3 Å². The zero-order valence-electron chi connectivity index (χ0n) is 20.4. The maximum Gasteiger partial charge on any atom is 0.500 e. The molecule has 0 aromatic carbocycles. The van der Waals surface area contributed by atoms with E-state index in [2.05, 4.69) is 0 Å². The van der Waals surface area contributed by atoms with E-state index in [0.29, 0.717) is 31.6 Å². The highest BCUT2D eigenvalue weighted by Gasteiger charge is 2.39. The van der Waals surface area contributed by atoms with E-state index in [0.717, 1.165) is 24.6 Å². The number of aliphatic hydroxyl groups is 2. The topological polar surface area (TPSA) is 138 Å². The van der Waals surface area contributed by atoms with Crippen LogP contribution in [0.1, 0.15) is 52.4 Å². The number of amides is 1. The number of rotatable bonds is 13. The van der Waals surface area contributed by atoms with Crippen LogP contribution in [0.4, 0.5) is 0 Å². The average Bonchev–Trinajstić information content (AvgIpc) is 2.80. The molecule has 0 aliphatic heterocycles. The maximum absolute atomic E-state index is 11.7. The lowest BCUT2D eigenvalue weighted by Gasteiger charge is -2.34. The van der Waals surface area contributed by atoms with Gasteiger partial charge in [0.1, 0.15) is 6.10 Å². The SMILES string of the molecule is CCC(C)(CO)C(N)=O.CO[Si](CCC1CCC(OC(=O)CCSC)C(O)C1)(OC)OC. The number of thioether (sulfide) groups is 1. The number of hydrogen-bond donors (Lipinski definition) is 3. The Labute approximate surface area is 198 Å². The van der Waals surface area contributed by atoms with E-state index in [9.17, 15) is 14.7 Å². The van der Waals surface area contributed by atoms with Crippen LogP contribution in [0.15, 0.2) is 0 Å².